The van der Waals surface area contributed by atoms with E-state index < -0.39 is 18.7 Å². The van der Waals surface area contributed by atoms with Crippen molar-refractivity contribution >= 4 is 17.7 Å². The molecule has 2 aromatic rings. The number of hydrogen-bond acceptors (Lipinski definition) is 3. The van der Waals surface area contributed by atoms with Gasteiger partial charge in [-0.25, -0.2) is 9.18 Å². The van der Waals surface area contributed by atoms with Gasteiger partial charge in [-0.05, 0) is 51.5 Å². The Balaban J connectivity index is 2.15. The lowest BCUT2D eigenvalue weighted by Crippen LogP contribution is -2.31. The molecule has 2 aromatic carbocycles. The van der Waals surface area contributed by atoms with E-state index in [-0.39, 0.29) is 5.25 Å². The van der Waals surface area contributed by atoms with Crippen molar-refractivity contribution in [1.29, 1.82) is 0 Å². The van der Waals surface area contributed by atoms with Gasteiger partial charge in [-0.1, -0.05) is 47.5 Å². The maximum absolute atomic E-state index is 13.8. The average molecular weight is 373 g/mol. The first-order valence-electron chi connectivity index (χ1n) is 8.68. The Morgan fingerprint density at radius 3 is 2.35 bits per heavy atom. The summed E-state index contributed by atoms with van der Waals surface area (Å²) in [7, 11) is 0. The summed E-state index contributed by atoms with van der Waals surface area (Å²) in [6, 6.07) is 16.8. The van der Waals surface area contributed by atoms with Crippen molar-refractivity contribution in [3.63, 3.8) is 0 Å². The van der Waals surface area contributed by atoms with Crippen molar-refractivity contribution in [2.24, 2.45) is 0 Å². The number of allylic oxidation sites excluding steroid dienone is 2. The van der Waals surface area contributed by atoms with E-state index in [2.05, 4.69) is 6.08 Å². The molecule has 138 valence electrons. The number of esters is 1. The molecule has 0 saturated heterocycles. The van der Waals surface area contributed by atoms with Crippen LogP contribution >= 0.6 is 11.8 Å². The number of aryl methyl sites for hydroxylation is 1. The van der Waals surface area contributed by atoms with Crippen molar-refractivity contribution in [3.8, 4) is 0 Å². The van der Waals surface area contributed by atoms with E-state index in [9.17, 15) is 9.18 Å². The molecule has 0 aliphatic carbocycles. The van der Waals surface area contributed by atoms with Crippen LogP contribution in [0.3, 0.4) is 0 Å². The Bertz CT molecular complexity index is 722. The topological polar surface area (TPSA) is 26.3 Å². The minimum Gasteiger partial charge on any atom is -0.455 e. The number of alkyl halides is 1. The summed E-state index contributed by atoms with van der Waals surface area (Å²) in [6.07, 6.45) is 1.90. The smallest absolute Gasteiger partial charge is 0.338 e. The molecule has 0 amide bonds. The zero-order chi connectivity index (χ0) is 18.9. The molecule has 0 spiro atoms. The van der Waals surface area contributed by atoms with Gasteiger partial charge in [0.2, 0.25) is 0 Å². The van der Waals surface area contributed by atoms with Crippen LogP contribution in [0, 0.1) is 6.92 Å². The molecular weight excluding hydrogens is 347 g/mol. The van der Waals surface area contributed by atoms with Crippen molar-refractivity contribution in [2.75, 3.05) is 6.67 Å². The average Bonchev–Trinajstić information content (AvgIpc) is 2.65. The summed E-state index contributed by atoms with van der Waals surface area (Å²) in [5, 5.41) is -0.190. The second-order valence-electron chi connectivity index (χ2n) is 6.45. The molecule has 0 radical (unpaired) electrons. The second kappa shape index (κ2) is 10.2. The number of ether oxygens (including phenoxy) is 1. The van der Waals surface area contributed by atoms with Crippen molar-refractivity contribution in [2.45, 2.75) is 43.4 Å². The fourth-order valence-electron chi connectivity index (χ4n) is 2.41. The third kappa shape index (κ3) is 6.34. The molecule has 0 fully saturated rings. The van der Waals surface area contributed by atoms with Gasteiger partial charge in [0.25, 0.3) is 0 Å². The van der Waals surface area contributed by atoms with Crippen molar-refractivity contribution < 1.29 is 13.9 Å². The van der Waals surface area contributed by atoms with Gasteiger partial charge in [0.05, 0.1) is 10.8 Å². The maximum atomic E-state index is 13.8. The Labute approximate surface area is 159 Å². The van der Waals surface area contributed by atoms with Crippen LogP contribution in [-0.2, 0) is 4.74 Å². The molecule has 0 N–H and O–H groups in total. The fourth-order valence-corrected chi connectivity index (χ4v) is 3.52. The Hall–Kier alpha value is -2.07. The highest BCUT2D eigenvalue weighted by molar-refractivity contribution is 8.00. The van der Waals surface area contributed by atoms with Crippen LogP contribution in [0.1, 0.15) is 36.2 Å². The number of halogens is 1. The summed E-state index contributed by atoms with van der Waals surface area (Å²) < 4.78 is 19.3. The predicted octanol–water partition coefficient (Wildman–Crippen LogP) is 6.01. The fraction of sp³-hybridized carbons (Fsp3) is 0.318. The lowest BCUT2D eigenvalue weighted by Gasteiger charge is -2.24. The molecule has 0 saturated carbocycles. The zero-order valence-electron chi connectivity index (χ0n) is 15.4. The Kier molecular flexibility index (Phi) is 7.92. The van der Waals surface area contributed by atoms with Crippen LogP contribution in [0.5, 0.6) is 0 Å². The van der Waals surface area contributed by atoms with E-state index in [1.54, 1.807) is 36.0 Å². The molecule has 0 heterocycles. The number of carbonyl (C=O) groups is 1. The molecule has 2 atom stereocenters. The third-order valence-electron chi connectivity index (χ3n) is 3.90. The van der Waals surface area contributed by atoms with Gasteiger partial charge in [-0.3, -0.25) is 0 Å². The van der Waals surface area contributed by atoms with Crippen molar-refractivity contribution in [1.82, 2.24) is 0 Å². The van der Waals surface area contributed by atoms with Gasteiger partial charge in [-0.2, -0.15) is 0 Å². The minimum atomic E-state index is -0.801. The van der Waals surface area contributed by atoms with E-state index in [0.717, 1.165) is 10.5 Å². The largest absolute Gasteiger partial charge is 0.455 e. The number of thioether (sulfide) groups is 1. The Morgan fingerprint density at radius 2 is 1.77 bits per heavy atom. The first kappa shape index (κ1) is 20.2. The monoisotopic (exact) mass is 372 g/mol. The van der Waals surface area contributed by atoms with E-state index in [1.165, 1.54) is 5.56 Å². The van der Waals surface area contributed by atoms with E-state index in [4.69, 9.17) is 4.74 Å². The SMILES string of the molecule is CC(C)=CC[C@H](Sc1ccc(C)cc1)[C@H](CF)OC(=O)c1ccccc1. The van der Waals surface area contributed by atoms with Crippen molar-refractivity contribution in [3.05, 3.63) is 77.4 Å². The van der Waals surface area contributed by atoms with Gasteiger partial charge in [0.1, 0.15) is 12.8 Å². The maximum Gasteiger partial charge on any atom is 0.338 e. The number of hydrogen-bond donors (Lipinski definition) is 0. The van der Waals surface area contributed by atoms with Crippen LogP contribution in [0.2, 0.25) is 0 Å². The molecule has 0 bridgehead atoms. The van der Waals surface area contributed by atoms with Gasteiger partial charge in [0, 0.05) is 4.90 Å². The highest BCUT2D eigenvalue weighted by Crippen LogP contribution is 2.30. The summed E-state index contributed by atoms with van der Waals surface area (Å²) in [5.74, 6) is -0.486. The second-order valence-corrected chi connectivity index (χ2v) is 7.76. The van der Waals surface area contributed by atoms with Crippen LogP contribution in [0.4, 0.5) is 4.39 Å². The molecule has 26 heavy (non-hydrogen) atoms. The highest BCUT2D eigenvalue weighted by Gasteiger charge is 2.26. The van der Waals surface area contributed by atoms with Crippen LogP contribution < -0.4 is 0 Å². The first-order valence-corrected chi connectivity index (χ1v) is 9.56. The minimum absolute atomic E-state index is 0.190. The molecule has 0 aliphatic rings. The van der Waals surface area contributed by atoms with Gasteiger partial charge in [0.15, 0.2) is 0 Å². The summed E-state index contributed by atoms with van der Waals surface area (Å²) in [6.45, 7) is 5.34. The quantitative estimate of drug-likeness (QED) is 0.323. The molecular formula is C22H25FO2S. The molecule has 0 aliphatic heterocycles. The van der Waals surface area contributed by atoms with Crippen LogP contribution in [0.15, 0.2) is 71.1 Å². The van der Waals surface area contributed by atoms with E-state index in [0.29, 0.717) is 12.0 Å². The lowest BCUT2D eigenvalue weighted by molar-refractivity contribution is 0.0236. The highest BCUT2D eigenvalue weighted by atomic mass is 32.2. The van der Waals surface area contributed by atoms with Gasteiger partial charge < -0.3 is 4.74 Å². The summed E-state index contributed by atoms with van der Waals surface area (Å²) >= 11 is 1.55. The molecule has 2 rings (SSSR count). The van der Waals surface area contributed by atoms with Gasteiger partial charge >= 0.3 is 5.97 Å². The normalized spacial score (nSPS) is 12.9. The molecule has 0 aromatic heterocycles. The standard InChI is InChI=1S/C22H25FO2S/c1-16(2)9-14-21(26-19-12-10-17(3)11-13-19)20(15-23)25-22(24)18-7-5-4-6-8-18/h4-13,20-21H,14-15H2,1-3H3/t20-,21-/m0/s1. The number of rotatable bonds is 8. The Morgan fingerprint density at radius 1 is 1.12 bits per heavy atom. The number of carbonyl (C=O) groups excluding carboxylic acids is 1. The number of benzene rings is 2. The van der Waals surface area contributed by atoms with E-state index in [1.807, 2.05) is 51.1 Å². The van der Waals surface area contributed by atoms with Crippen LogP contribution in [0.25, 0.3) is 0 Å². The van der Waals surface area contributed by atoms with Crippen LogP contribution in [-0.4, -0.2) is 24.0 Å². The van der Waals surface area contributed by atoms with Gasteiger partial charge in [-0.15, -0.1) is 11.8 Å². The molecule has 4 heteroatoms. The third-order valence-corrected chi connectivity index (χ3v) is 5.24. The van der Waals surface area contributed by atoms with E-state index >= 15 is 0 Å². The predicted molar refractivity (Wildman–Crippen MR) is 106 cm³/mol. The lowest BCUT2D eigenvalue weighted by atomic mass is 10.1. The first-order chi connectivity index (χ1) is 12.5. The molecule has 2 nitrogen and oxygen atoms in total. The summed E-state index contributed by atoms with van der Waals surface area (Å²) in [5.41, 5.74) is 2.77. The molecule has 0 unspecified atom stereocenters. The zero-order valence-corrected chi connectivity index (χ0v) is 16.3. The summed E-state index contributed by atoms with van der Waals surface area (Å²) in [4.78, 5) is 13.4.